The molecule has 0 aromatic heterocycles. The van der Waals surface area contributed by atoms with Crippen LogP contribution in [0.15, 0.2) is 0 Å². The lowest BCUT2D eigenvalue weighted by Gasteiger charge is -2.26. The Morgan fingerprint density at radius 1 is 1.31 bits per heavy atom. The first kappa shape index (κ1) is 12.3. The number of alkyl halides is 3. The first-order valence-electron chi connectivity index (χ1n) is 4.08. The van der Waals surface area contributed by atoms with E-state index in [9.17, 15) is 18.0 Å². The Bertz CT molecular complexity index is 186. The SMILES string of the molecule is CCCNC(=O)C(C)(C)C(F)(F)F. The molecule has 0 unspecified atom stereocenters. The van der Waals surface area contributed by atoms with Crippen LogP contribution in [0.3, 0.4) is 0 Å². The molecule has 0 spiro atoms. The highest BCUT2D eigenvalue weighted by molar-refractivity contribution is 5.82. The van der Waals surface area contributed by atoms with Crippen molar-refractivity contribution in [1.29, 1.82) is 0 Å². The second-order valence-corrected chi connectivity index (χ2v) is 3.38. The van der Waals surface area contributed by atoms with Gasteiger partial charge in [0.1, 0.15) is 5.41 Å². The van der Waals surface area contributed by atoms with Crippen LogP contribution in [0.2, 0.25) is 0 Å². The summed E-state index contributed by atoms with van der Waals surface area (Å²) in [7, 11) is 0. The molecule has 78 valence electrons. The summed E-state index contributed by atoms with van der Waals surface area (Å²) in [6.07, 6.45) is -3.87. The van der Waals surface area contributed by atoms with Gasteiger partial charge in [0, 0.05) is 6.54 Å². The van der Waals surface area contributed by atoms with Gasteiger partial charge in [-0.1, -0.05) is 6.92 Å². The van der Waals surface area contributed by atoms with Crippen molar-refractivity contribution in [3.8, 4) is 0 Å². The second-order valence-electron chi connectivity index (χ2n) is 3.38. The summed E-state index contributed by atoms with van der Waals surface area (Å²) < 4.78 is 36.8. The minimum atomic E-state index is -4.50. The van der Waals surface area contributed by atoms with Gasteiger partial charge in [0.2, 0.25) is 5.91 Å². The van der Waals surface area contributed by atoms with Gasteiger partial charge in [-0.3, -0.25) is 4.79 Å². The maximum absolute atomic E-state index is 12.3. The zero-order valence-corrected chi connectivity index (χ0v) is 7.96. The molecule has 0 saturated heterocycles. The van der Waals surface area contributed by atoms with Crippen molar-refractivity contribution in [1.82, 2.24) is 5.32 Å². The maximum atomic E-state index is 12.3. The summed E-state index contributed by atoms with van der Waals surface area (Å²) in [6.45, 7) is 3.80. The molecule has 0 aliphatic rings. The average molecular weight is 197 g/mol. The lowest BCUT2D eigenvalue weighted by Crippen LogP contribution is -2.46. The van der Waals surface area contributed by atoms with Crippen LogP contribution in [0.25, 0.3) is 0 Å². The third kappa shape index (κ3) is 2.90. The topological polar surface area (TPSA) is 29.1 Å². The van der Waals surface area contributed by atoms with Crippen LogP contribution < -0.4 is 5.32 Å². The number of rotatable bonds is 3. The predicted octanol–water partition coefficient (Wildman–Crippen LogP) is 2.10. The van der Waals surface area contributed by atoms with E-state index in [0.29, 0.717) is 6.42 Å². The molecule has 0 aromatic carbocycles. The second kappa shape index (κ2) is 3.98. The minimum Gasteiger partial charge on any atom is -0.355 e. The summed E-state index contributed by atoms with van der Waals surface area (Å²) in [5.74, 6) is -0.971. The Morgan fingerprint density at radius 3 is 2.08 bits per heavy atom. The van der Waals surface area contributed by atoms with Gasteiger partial charge >= 0.3 is 6.18 Å². The Kier molecular flexibility index (Phi) is 3.75. The van der Waals surface area contributed by atoms with E-state index in [1.54, 1.807) is 6.92 Å². The van der Waals surface area contributed by atoms with Gasteiger partial charge in [-0.2, -0.15) is 13.2 Å². The van der Waals surface area contributed by atoms with E-state index in [2.05, 4.69) is 5.32 Å². The fourth-order valence-electron chi connectivity index (χ4n) is 0.588. The summed E-state index contributed by atoms with van der Waals surface area (Å²) in [5, 5.41) is 2.22. The molecule has 0 bridgehead atoms. The van der Waals surface area contributed by atoms with Crippen LogP contribution >= 0.6 is 0 Å². The Labute approximate surface area is 75.5 Å². The molecule has 1 N–H and O–H groups in total. The van der Waals surface area contributed by atoms with Crippen LogP contribution in [-0.4, -0.2) is 18.6 Å². The van der Waals surface area contributed by atoms with Gasteiger partial charge < -0.3 is 5.32 Å². The molecule has 1 amide bonds. The number of hydrogen-bond donors (Lipinski definition) is 1. The summed E-state index contributed by atoms with van der Waals surface area (Å²) in [6, 6.07) is 0. The van der Waals surface area contributed by atoms with Crippen LogP contribution in [0.1, 0.15) is 27.2 Å². The molecule has 0 radical (unpaired) electrons. The van der Waals surface area contributed by atoms with E-state index in [0.717, 1.165) is 13.8 Å². The maximum Gasteiger partial charge on any atom is 0.402 e. The smallest absolute Gasteiger partial charge is 0.355 e. The highest BCUT2D eigenvalue weighted by atomic mass is 19.4. The van der Waals surface area contributed by atoms with Gasteiger partial charge in [0.05, 0.1) is 0 Å². The fraction of sp³-hybridized carbons (Fsp3) is 0.875. The van der Waals surface area contributed by atoms with Gasteiger partial charge in [-0.05, 0) is 20.3 Å². The molecule has 0 saturated carbocycles. The Hall–Kier alpha value is -0.740. The number of carbonyl (C=O) groups excluding carboxylic acids is 1. The van der Waals surface area contributed by atoms with Crippen molar-refractivity contribution in [2.24, 2.45) is 5.41 Å². The van der Waals surface area contributed by atoms with Crippen molar-refractivity contribution >= 4 is 5.91 Å². The number of nitrogens with one attached hydrogen (secondary N) is 1. The Morgan fingerprint density at radius 2 is 1.77 bits per heavy atom. The van der Waals surface area contributed by atoms with Gasteiger partial charge in [-0.25, -0.2) is 0 Å². The predicted molar refractivity (Wildman–Crippen MR) is 43.1 cm³/mol. The summed E-state index contributed by atoms with van der Waals surface area (Å²) in [5.41, 5.74) is -2.30. The summed E-state index contributed by atoms with van der Waals surface area (Å²) in [4.78, 5) is 11.0. The van der Waals surface area contributed by atoms with E-state index in [1.165, 1.54) is 0 Å². The third-order valence-corrected chi connectivity index (χ3v) is 1.81. The van der Waals surface area contributed by atoms with Crippen molar-refractivity contribution in [3.63, 3.8) is 0 Å². The molecule has 0 heterocycles. The monoisotopic (exact) mass is 197 g/mol. The van der Waals surface area contributed by atoms with E-state index in [4.69, 9.17) is 0 Å². The molecule has 0 aliphatic heterocycles. The van der Waals surface area contributed by atoms with Crippen molar-refractivity contribution in [2.45, 2.75) is 33.4 Å². The minimum absolute atomic E-state index is 0.276. The third-order valence-electron chi connectivity index (χ3n) is 1.81. The van der Waals surface area contributed by atoms with Gasteiger partial charge in [0.25, 0.3) is 0 Å². The van der Waals surface area contributed by atoms with Crippen LogP contribution in [0.5, 0.6) is 0 Å². The normalized spacial score (nSPS) is 12.8. The number of halogens is 3. The van der Waals surface area contributed by atoms with Crippen LogP contribution in [0.4, 0.5) is 13.2 Å². The fourth-order valence-corrected chi connectivity index (χ4v) is 0.588. The van der Waals surface area contributed by atoms with E-state index >= 15 is 0 Å². The standard InChI is InChI=1S/C8H14F3NO/c1-4-5-12-6(13)7(2,3)8(9,10)11/h4-5H2,1-3H3,(H,12,13). The average Bonchev–Trinajstić information content (AvgIpc) is 1.97. The number of amides is 1. The number of carbonyl (C=O) groups is 1. The molecule has 13 heavy (non-hydrogen) atoms. The molecule has 0 atom stereocenters. The largest absolute Gasteiger partial charge is 0.402 e. The molecule has 0 aliphatic carbocycles. The molecule has 0 rings (SSSR count). The van der Waals surface area contributed by atoms with Crippen molar-refractivity contribution in [3.05, 3.63) is 0 Å². The number of hydrogen-bond acceptors (Lipinski definition) is 1. The van der Waals surface area contributed by atoms with E-state index in [-0.39, 0.29) is 6.54 Å². The van der Waals surface area contributed by atoms with Crippen molar-refractivity contribution in [2.75, 3.05) is 6.54 Å². The highest BCUT2D eigenvalue weighted by Gasteiger charge is 2.52. The molecule has 5 heteroatoms. The summed E-state index contributed by atoms with van der Waals surface area (Å²) >= 11 is 0. The van der Waals surface area contributed by atoms with E-state index < -0.39 is 17.5 Å². The van der Waals surface area contributed by atoms with Crippen LogP contribution in [0, 0.1) is 5.41 Å². The van der Waals surface area contributed by atoms with Gasteiger partial charge in [0.15, 0.2) is 0 Å². The molecule has 0 fully saturated rings. The lowest BCUT2D eigenvalue weighted by molar-refractivity contribution is -0.211. The molecular formula is C8H14F3NO. The first-order chi connectivity index (χ1) is 5.73. The van der Waals surface area contributed by atoms with E-state index in [1.807, 2.05) is 0 Å². The first-order valence-corrected chi connectivity index (χ1v) is 4.08. The zero-order chi connectivity index (χ0) is 10.7. The molecule has 0 aromatic rings. The molecule has 2 nitrogen and oxygen atoms in total. The zero-order valence-electron chi connectivity index (χ0n) is 7.96. The van der Waals surface area contributed by atoms with Crippen LogP contribution in [-0.2, 0) is 4.79 Å². The Balaban J connectivity index is 4.37. The highest BCUT2D eigenvalue weighted by Crippen LogP contribution is 2.37. The lowest BCUT2D eigenvalue weighted by atomic mass is 9.91. The molecular weight excluding hydrogens is 183 g/mol. The van der Waals surface area contributed by atoms with Crippen molar-refractivity contribution < 1.29 is 18.0 Å². The quantitative estimate of drug-likeness (QED) is 0.737. The van der Waals surface area contributed by atoms with Gasteiger partial charge in [-0.15, -0.1) is 0 Å².